The number of H-pyrrole nitrogens is 1. The van der Waals surface area contributed by atoms with Gasteiger partial charge in [-0.25, -0.2) is 9.78 Å². The number of halogens is 1. The first-order valence-electron chi connectivity index (χ1n) is 8.40. The van der Waals surface area contributed by atoms with Crippen LogP contribution in [0.25, 0.3) is 21.5 Å². The van der Waals surface area contributed by atoms with Crippen molar-refractivity contribution in [1.29, 1.82) is 0 Å². The van der Waals surface area contributed by atoms with Gasteiger partial charge in [0.1, 0.15) is 0 Å². The molecule has 0 spiro atoms. The molecule has 0 saturated carbocycles. The number of nitrogens with one attached hydrogen (secondary N) is 2. The second-order valence-corrected chi connectivity index (χ2v) is 7.69. The summed E-state index contributed by atoms with van der Waals surface area (Å²) in [5.41, 5.74) is 9.52. The molecule has 0 fully saturated rings. The third kappa shape index (κ3) is 4.21. The Kier molecular flexibility index (Phi) is 4.98. The van der Waals surface area contributed by atoms with Crippen LogP contribution < -0.4 is 16.8 Å². The number of hydrogen-bond donors (Lipinski definition) is 3. The van der Waals surface area contributed by atoms with Gasteiger partial charge >= 0.3 is 5.76 Å². The molecule has 0 aliphatic carbocycles. The van der Waals surface area contributed by atoms with Crippen LogP contribution in [0.5, 0.6) is 0 Å². The Hall–Kier alpha value is -2.61. The van der Waals surface area contributed by atoms with Gasteiger partial charge in [0, 0.05) is 23.8 Å². The molecule has 6 nitrogen and oxygen atoms in total. The van der Waals surface area contributed by atoms with Crippen LogP contribution in [0.15, 0.2) is 57.9 Å². The van der Waals surface area contributed by atoms with Crippen molar-refractivity contribution in [1.82, 2.24) is 9.97 Å². The minimum atomic E-state index is -0.455. The first-order chi connectivity index (χ1) is 13.1. The zero-order valence-electron chi connectivity index (χ0n) is 14.2. The first kappa shape index (κ1) is 17.8. The molecule has 138 valence electrons. The molecule has 0 amide bonds. The van der Waals surface area contributed by atoms with E-state index in [4.69, 9.17) is 21.8 Å². The van der Waals surface area contributed by atoms with Crippen LogP contribution in [-0.2, 0) is 6.42 Å². The van der Waals surface area contributed by atoms with Gasteiger partial charge in [-0.3, -0.25) is 4.98 Å². The van der Waals surface area contributed by atoms with Gasteiger partial charge in [-0.1, -0.05) is 41.1 Å². The fraction of sp³-hybridized carbons (Fsp3) is 0.158. The Bertz CT molecular complexity index is 1120. The van der Waals surface area contributed by atoms with E-state index < -0.39 is 5.76 Å². The van der Waals surface area contributed by atoms with Crippen LogP contribution in [-0.4, -0.2) is 22.6 Å². The van der Waals surface area contributed by atoms with Gasteiger partial charge < -0.3 is 15.5 Å². The normalized spacial score (nSPS) is 12.4. The first-order valence-corrected chi connectivity index (χ1v) is 9.59. The van der Waals surface area contributed by atoms with E-state index in [-0.39, 0.29) is 6.04 Å². The fourth-order valence-electron chi connectivity index (χ4n) is 2.80. The summed E-state index contributed by atoms with van der Waals surface area (Å²) in [5.74, 6) is -0.455. The van der Waals surface area contributed by atoms with Crippen LogP contribution in [0, 0.1) is 0 Å². The molecule has 1 atom stereocenters. The maximum Gasteiger partial charge on any atom is 0.417 e. The molecule has 0 bridgehead atoms. The number of fused-ring (bicyclic) bond motifs is 1. The van der Waals surface area contributed by atoms with Gasteiger partial charge in [0.05, 0.1) is 10.4 Å². The lowest BCUT2D eigenvalue weighted by Crippen LogP contribution is -2.31. The van der Waals surface area contributed by atoms with E-state index in [0.717, 1.165) is 32.6 Å². The van der Waals surface area contributed by atoms with Gasteiger partial charge in [0.25, 0.3) is 0 Å². The molecule has 4 N–H and O–H groups in total. The maximum atomic E-state index is 11.3. The summed E-state index contributed by atoms with van der Waals surface area (Å²) in [6.45, 7) is 0.612. The summed E-state index contributed by atoms with van der Waals surface area (Å²) >= 11 is 7.43. The zero-order chi connectivity index (χ0) is 18.8. The van der Waals surface area contributed by atoms with Crippen molar-refractivity contribution in [3.63, 3.8) is 0 Å². The standard InChI is InChI=1S/C19H17ClN4O2S/c20-13-4-1-11(2-5-13)7-14(21)9-22-18-23-10-17(27-18)12-3-6-15-16(8-12)26-19(25)24-15/h1-6,8,10,14H,7,9,21H2,(H,22,23)(H,24,25)/t14-/m0/s1. The van der Waals surface area contributed by atoms with Gasteiger partial charge in [0.15, 0.2) is 10.7 Å². The van der Waals surface area contributed by atoms with Crippen LogP contribution in [0.1, 0.15) is 5.56 Å². The summed E-state index contributed by atoms with van der Waals surface area (Å²) in [5, 5.41) is 4.80. The average Bonchev–Trinajstić information content (AvgIpc) is 3.26. The van der Waals surface area contributed by atoms with E-state index >= 15 is 0 Å². The minimum Gasteiger partial charge on any atom is -0.408 e. The van der Waals surface area contributed by atoms with Crippen molar-refractivity contribution >= 4 is 39.2 Å². The Morgan fingerprint density at radius 2 is 2.07 bits per heavy atom. The topological polar surface area (TPSA) is 96.9 Å². The van der Waals surface area contributed by atoms with Crippen LogP contribution >= 0.6 is 22.9 Å². The van der Waals surface area contributed by atoms with Gasteiger partial charge in [-0.05, 0) is 41.8 Å². The molecule has 0 unspecified atom stereocenters. The summed E-state index contributed by atoms with van der Waals surface area (Å²) in [6, 6.07) is 13.3. The fourth-order valence-corrected chi connectivity index (χ4v) is 3.75. The number of nitrogens with two attached hydrogens (primary N) is 1. The lowest BCUT2D eigenvalue weighted by molar-refractivity contribution is 0.555. The van der Waals surface area contributed by atoms with Crippen LogP contribution in [0.3, 0.4) is 0 Å². The number of benzene rings is 2. The summed E-state index contributed by atoms with van der Waals surface area (Å²) in [6.07, 6.45) is 2.55. The maximum absolute atomic E-state index is 11.3. The largest absolute Gasteiger partial charge is 0.417 e. The van der Waals surface area contributed by atoms with E-state index in [1.54, 1.807) is 6.20 Å². The van der Waals surface area contributed by atoms with Gasteiger partial charge in [0.2, 0.25) is 0 Å². The molecule has 27 heavy (non-hydrogen) atoms. The second-order valence-electron chi connectivity index (χ2n) is 6.23. The van der Waals surface area contributed by atoms with Crippen molar-refractivity contribution in [2.75, 3.05) is 11.9 Å². The molecule has 8 heteroatoms. The predicted molar refractivity (Wildman–Crippen MR) is 110 cm³/mol. The van der Waals surface area contributed by atoms with Crippen molar-refractivity contribution in [2.45, 2.75) is 12.5 Å². The minimum absolute atomic E-state index is 0.0380. The number of oxazole rings is 1. The molecule has 0 radical (unpaired) electrons. The third-order valence-electron chi connectivity index (χ3n) is 4.14. The van der Waals surface area contributed by atoms with E-state index in [1.165, 1.54) is 11.3 Å². The highest BCUT2D eigenvalue weighted by Gasteiger charge is 2.09. The smallest absolute Gasteiger partial charge is 0.408 e. The quantitative estimate of drug-likeness (QED) is 0.456. The number of thiazole rings is 1. The highest BCUT2D eigenvalue weighted by atomic mass is 35.5. The van der Waals surface area contributed by atoms with E-state index in [1.807, 2.05) is 42.5 Å². The lowest BCUT2D eigenvalue weighted by atomic mass is 10.1. The number of aromatic amines is 1. The summed E-state index contributed by atoms with van der Waals surface area (Å²) in [4.78, 5) is 19.3. The second kappa shape index (κ2) is 7.56. The predicted octanol–water partition coefficient (Wildman–Crippen LogP) is 3.88. The number of nitrogens with zero attached hydrogens (tertiary/aromatic N) is 1. The molecule has 2 aromatic heterocycles. The van der Waals surface area contributed by atoms with Gasteiger partial charge in [-0.2, -0.15) is 0 Å². The Morgan fingerprint density at radius 3 is 2.89 bits per heavy atom. The van der Waals surface area contributed by atoms with E-state index in [2.05, 4.69) is 15.3 Å². The molecule has 4 rings (SSSR count). The van der Waals surface area contributed by atoms with E-state index in [9.17, 15) is 4.79 Å². The molecular weight excluding hydrogens is 384 g/mol. The molecule has 4 aromatic rings. The highest BCUT2D eigenvalue weighted by molar-refractivity contribution is 7.18. The third-order valence-corrected chi connectivity index (χ3v) is 5.39. The van der Waals surface area contributed by atoms with Crippen molar-refractivity contribution in [3.05, 3.63) is 69.8 Å². The lowest BCUT2D eigenvalue weighted by Gasteiger charge is -2.12. The average molecular weight is 401 g/mol. The SMILES string of the molecule is N[C@H](CNc1ncc(-c2ccc3[nH]c(=O)oc3c2)s1)Cc1ccc(Cl)cc1. The van der Waals surface area contributed by atoms with Crippen LogP contribution in [0.2, 0.25) is 5.02 Å². The van der Waals surface area contributed by atoms with Crippen molar-refractivity contribution in [2.24, 2.45) is 5.73 Å². The number of aromatic nitrogens is 2. The Balaban J connectivity index is 1.39. The highest BCUT2D eigenvalue weighted by Crippen LogP contribution is 2.30. The van der Waals surface area contributed by atoms with Crippen LogP contribution in [0.4, 0.5) is 5.13 Å². The molecule has 2 aromatic carbocycles. The molecule has 0 aliphatic heterocycles. The molecular formula is C19H17ClN4O2S. The molecule has 2 heterocycles. The van der Waals surface area contributed by atoms with Gasteiger partial charge in [-0.15, -0.1) is 0 Å². The summed E-state index contributed by atoms with van der Waals surface area (Å²) < 4.78 is 5.11. The van der Waals surface area contributed by atoms with E-state index in [0.29, 0.717) is 17.6 Å². The molecule has 0 aliphatic rings. The summed E-state index contributed by atoms with van der Waals surface area (Å²) in [7, 11) is 0. The van der Waals surface area contributed by atoms with Crippen molar-refractivity contribution < 1.29 is 4.42 Å². The Morgan fingerprint density at radius 1 is 1.26 bits per heavy atom. The number of anilines is 1. The monoisotopic (exact) mass is 400 g/mol. The number of rotatable bonds is 6. The number of hydrogen-bond acceptors (Lipinski definition) is 6. The molecule has 0 saturated heterocycles. The van der Waals surface area contributed by atoms with Crippen molar-refractivity contribution in [3.8, 4) is 10.4 Å². The zero-order valence-corrected chi connectivity index (χ0v) is 15.8. The Labute approximate surface area is 164 Å².